The molecule has 1 atom stereocenters. The van der Waals surface area contributed by atoms with Crippen molar-refractivity contribution in [2.75, 3.05) is 6.54 Å². The molecule has 0 N–H and O–H groups in total. The molecular formula is C20H21N3OS. The van der Waals surface area contributed by atoms with Gasteiger partial charge in [0.1, 0.15) is 5.01 Å². The molecule has 0 radical (unpaired) electrons. The number of hydrogen-bond acceptors (Lipinski definition) is 4. The SMILES string of the molecule is Cc1cc(C(=O)N2CCCC[C@H]2c2nccs2)c2cccc(C)c2n1. The smallest absolute Gasteiger partial charge is 0.255 e. The number of fused-ring (bicyclic) bond motifs is 1. The number of likely N-dealkylation sites (tertiary alicyclic amines) is 1. The summed E-state index contributed by atoms with van der Waals surface area (Å²) >= 11 is 1.64. The molecule has 1 aromatic carbocycles. The van der Waals surface area contributed by atoms with E-state index in [2.05, 4.69) is 9.97 Å². The number of hydrogen-bond donors (Lipinski definition) is 0. The number of rotatable bonds is 2. The van der Waals surface area contributed by atoms with Crippen LogP contribution in [0.1, 0.15) is 51.9 Å². The Morgan fingerprint density at radius 1 is 1.28 bits per heavy atom. The van der Waals surface area contributed by atoms with Crippen molar-refractivity contribution in [2.24, 2.45) is 0 Å². The number of pyridine rings is 1. The van der Waals surface area contributed by atoms with Crippen LogP contribution < -0.4 is 0 Å². The molecule has 0 unspecified atom stereocenters. The summed E-state index contributed by atoms with van der Waals surface area (Å²) in [6, 6.07) is 8.07. The zero-order valence-corrected chi connectivity index (χ0v) is 15.3. The molecule has 1 aliphatic rings. The molecule has 2 aromatic heterocycles. The van der Waals surface area contributed by atoms with Crippen molar-refractivity contribution < 1.29 is 4.79 Å². The van der Waals surface area contributed by atoms with E-state index in [4.69, 9.17) is 0 Å². The number of carbonyl (C=O) groups is 1. The molecule has 1 aliphatic heterocycles. The van der Waals surface area contributed by atoms with Gasteiger partial charge >= 0.3 is 0 Å². The highest BCUT2D eigenvalue weighted by atomic mass is 32.1. The predicted octanol–water partition coefficient (Wildman–Crippen LogP) is 4.68. The minimum Gasteiger partial charge on any atom is -0.329 e. The van der Waals surface area contributed by atoms with E-state index in [1.54, 1.807) is 11.3 Å². The highest BCUT2D eigenvalue weighted by Crippen LogP contribution is 2.34. The van der Waals surface area contributed by atoms with Crippen LogP contribution in [0.15, 0.2) is 35.8 Å². The second-order valence-corrected chi connectivity index (χ2v) is 7.59. The normalized spacial score (nSPS) is 17.8. The Balaban J connectivity index is 1.80. The van der Waals surface area contributed by atoms with E-state index in [0.29, 0.717) is 0 Å². The maximum absolute atomic E-state index is 13.5. The standard InChI is InChI=1S/C20H21N3OS/c1-13-6-5-7-15-16(12-14(2)22-18(13)15)20(24)23-10-4-3-8-17(23)19-21-9-11-25-19/h5-7,9,11-12,17H,3-4,8,10H2,1-2H3/t17-/m0/s1. The minimum absolute atomic E-state index is 0.0922. The van der Waals surface area contributed by atoms with E-state index >= 15 is 0 Å². The monoisotopic (exact) mass is 351 g/mol. The Morgan fingerprint density at radius 3 is 2.96 bits per heavy atom. The Morgan fingerprint density at radius 2 is 2.16 bits per heavy atom. The van der Waals surface area contributed by atoms with Crippen molar-refractivity contribution >= 4 is 28.1 Å². The zero-order valence-electron chi connectivity index (χ0n) is 14.5. The van der Waals surface area contributed by atoms with Crippen molar-refractivity contribution in [2.45, 2.75) is 39.2 Å². The number of thiazole rings is 1. The molecule has 0 spiro atoms. The molecule has 1 fully saturated rings. The number of carbonyl (C=O) groups excluding carboxylic acids is 1. The molecule has 0 saturated carbocycles. The fourth-order valence-corrected chi connectivity index (χ4v) is 4.47. The zero-order chi connectivity index (χ0) is 17.4. The third-order valence-corrected chi connectivity index (χ3v) is 5.78. The fourth-order valence-electron chi connectivity index (χ4n) is 3.68. The van der Waals surface area contributed by atoms with Crippen molar-refractivity contribution in [3.05, 3.63) is 57.7 Å². The topological polar surface area (TPSA) is 46.1 Å². The van der Waals surface area contributed by atoms with Gasteiger partial charge in [-0.2, -0.15) is 0 Å². The number of benzene rings is 1. The van der Waals surface area contributed by atoms with Crippen molar-refractivity contribution in [1.29, 1.82) is 0 Å². The molecule has 1 saturated heterocycles. The highest BCUT2D eigenvalue weighted by Gasteiger charge is 2.31. The first-order valence-electron chi connectivity index (χ1n) is 8.72. The van der Waals surface area contributed by atoms with Crippen LogP contribution in [-0.2, 0) is 0 Å². The van der Waals surface area contributed by atoms with Gasteiger partial charge in [-0.1, -0.05) is 18.2 Å². The number of nitrogens with zero attached hydrogens (tertiary/aromatic N) is 3. The Kier molecular flexibility index (Phi) is 4.25. The number of para-hydroxylation sites is 1. The Labute approximate surface area is 151 Å². The van der Waals surface area contributed by atoms with Gasteiger partial charge in [-0.25, -0.2) is 4.98 Å². The number of piperidine rings is 1. The van der Waals surface area contributed by atoms with Crippen molar-refractivity contribution in [1.82, 2.24) is 14.9 Å². The lowest BCUT2D eigenvalue weighted by molar-refractivity contribution is 0.0613. The fraction of sp³-hybridized carbons (Fsp3) is 0.350. The van der Waals surface area contributed by atoms with Gasteiger partial charge in [-0.15, -0.1) is 11.3 Å². The average molecular weight is 351 g/mol. The van der Waals surface area contributed by atoms with E-state index in [-0.39, 0.29) is 11.9 Å². The molecule has 3 aromatic rings. The second-order valence-electron chi connectivity index (χ2n) is 6.66. The lowest BCUT2D eigenvalue weighted by Crippen LogP contribution is -2.38. The van der Waals surface area contributed by atoms with Crippen LogP contribution in [0, 0.1) is 13.8 Å². The molecule has 25 heavy (non-hydrogen) atoms. The first-order chi connectivity index (χ1) is 12.1. The van der Waals surface area contributed by atoms with Gasteiger partial charge in [-0.05, 0) is 44.7 Å². The van der Waals surface area contributed by atoms with Gasteiger partial charge < -0.3 is 4.90 Å². The number of aromatic nitrogens is 2. The predicted molar refractivity (Wildman–Crippen MR) is 101 cm³/mol. The van der Waals surface area contributed by atoms with Gasteiger partial charge in [0, 0.05) is 29.2 Å². The quantitative estimate of drug-likeness (QED) is 0.674. The lowest BCUT2D eigenvalue weighted by atomic mass is 9.99. The number of aryl methyl sites for hydroxylation is 2. The average Bonchev–Trinajstić information content (AvgIpc) is 3.16. The summed E-state index contributed by atoms with van der Waals surface area (Å²) in [5, 5.41) is 3.97. The molecule has 4 rings (SSSR count). The molecule has 4 nitrogen and oxygen atoms in total. The minimum atomic E-state index is 0.0922. The van der Waals surface area contributed by atoms with Crippen LogP contribution in [0.25, 0.3) is 10.9 Å². The van der Waals surface area contributed by atoms with Crippen LogP contribution in [0.3, 0.4) is 0 Å². The molecule has 128 valence electrons. The van der Waals surface area contributed by atoms with E-state index < -0.39 is 0 Å². The van der Waals surface area contributed by atoms with E-state index in [1.807, 2.05) is 54.6 Å². The maximum Gasteiger partial charge on any atom is 0.255 e. The molecular weight excluding hydrogens is 330 g/mol. The van der Waals surface area contributed by atoms with E-state index in [1.165, 1.54) is 0 Å². The summed E-state index contributed by atoms with van der Waals surface area (Å²) in [5.74, 6) is 0.0981. The van der Waals surface area contributed by atoms with Gasteiger partial charge in [0.05, 0.1) is 17.1 Å². The van der Waals surface area contributed by atoms with Gasteiger partial charge in [-0.3, -0.25) is 9.78 Å². The third kappa shape index (κ3) is 2.93. The maximum atomic E-state index is 13.5. The van der Waals surface area contributed by atoms with Gasteiger partial charge in [0.15, 0.2) is 0 Å². The summed E-state index contributed by atoms with van der Waals surface area (Å²) in [5.41, 5.74) is 3.67. The summed E-state index contributed by atoms with van der Waals surface area (Å²) in [4.78, 5) is 24.6. The van der Waals surface area contributed by atoms with Crippen LogP contribution in [0.4, 0.5) is 0 Å². The molecule has 1 amide bonds. The number of amides is 1. The van der Waals surface area contributed by atoms with Crippen LogP contribution in [0.2, 0.25) is 0 Å². The first kappa shape index (κ1) is 16.2. The summed E-state index contributed by atoms with van der Waals surface area (Å²) < 4.78 is 0. The highest BCUT2D eigenvalue weighted by molar-refractivity contribution is 7.09. The van der Waals surface area contributed by atoms with Gasteiger partial charge in [0.25, 0.3) is 5.91 Å². The molecule has 5 heteroatoms. The summed E-state index contributed by atoms with van der Waals surface area (Å²) in [6.45, 7) is 4.79. The van der Waals surface area contributed by atoms with Crippen LogP contribution in [-0.4, -0.2) is 27.3 Å². The van der Waals surface area contributed by atoms with Crippen LogP contribution in [0.5, 0.6) is 0 Å². The van der Waals surface area contributed by atoms with Crippen LogP contribution >= 0.6 is 11.3 Å². The Hall–Kier alpha value is -2.27. The van der Waals surface area contributed by atoms with E-state index in [9.17, 15) is 4.79 Å². The molecule has 3 heterocycles. The van der Waals surface area contributed by atoms with E-state index in [0.717, 1.165) is 58.5 Å². The second kappa shape index (κ2) is 6.56. The molecule has 0 bridgehead atoms. The summed E-state index contributed by atoms with van der Waals surface area (Å²) in [7, 11) is 0. The molecule has 0 aliphatic carbocycles. The largest absolute Gasteiger partial charge is 0.329 e. The van der Waals surface area contributed by atoms with Gasteiger partial charge in [0.2, 0.25) is 0 Å². The first-order valence-corrected chi connectivity index (χ1v) is 9.60. The van der Waals surface area contributed by atoms with Crippen molar-refractivity contribution in [3.63, 3.8) is 0 Å². The summed E-state index contributed by atoms with van der Waals surface area (Å²) in [6.07, 6.45) is 5.00. The Bertz CT molecular complexity index is 920. The van der Waals surface area contributed by atoms with Crippen molar-refractivity contribution in [3.8, 4) is 0 Å². The lowest BCUT2D eigenvalue weighted by Gasteiger charge is -2.35. The third-order valence-electron chi connectivity index (χ3n) is 4.90.